The van der Waals surface area contributed by atoms with Crippen LogP contribution < -0.4 is 0 Å². The van der Waals surface area contributed by atoms with Crippen molar-refractivity contribution in [2.24, 2.45) is 7.05 Å². The number of aryl methyl sites for hydroxylation is 1. The van der Waals surface area contributed by atoms with E-state index in [-0.39, 0.29) is 19.2 Å². The van der Waals surface area contributed by atoms with E-state index >= 15 is 0 Å². The summed E-state index contributed by atoms with van der Waals surface area (Å²) >= 11 is 0. The van der Waals surface area contributed by atoms with Gasteiger partial charge in [-0.1, -0.05) is 18.2 Å². The largest absolute Gasteiger partial charge is 0.456 e. The molecule has 1 N–H and O–H groups in total. The molecule has 1 aromatic carbocycles. The van der Waals surface area contributed by atoms with Gasteiger partial charge >= 0.3 is 5.97 Å². The van der Waals surface area contributed by atoms with E-state index in [9.17, 15) is 4.79 Å². The molecule has 0 aliphatic carbocycles. The van der Waals surface area contributed by atoms with Gasteiger partial charge in [0.25, 0.3) is 0 Å². The number of carbonyl (C=O) groups is 1. The minimum absolute atomic E-state index is 0.0872. The van der Waals surface area contributed by atoms with Gasteiger partial charge in [-0.15, -0.1) is 0 Å². The topological polar surface area (TPSA) is 64.4 Å². The highest BCUT2D eigenvalue weighted by Gasteiger charge is 2.09. The van der Waals surface area contributed by atoms with Gasteiger partial charge in [0.1, 0.15) is 12.3 Å². The third kappa shape index (κ3) is 2.75. The average molecular weight is 246 g/mol. The zero-order chi connectivity index (χ0) is 13.0. The maximum Gasteiger partial charge on any atom is 0.338 e. The highest BCUT2D eigenvalue weighted by Crippen LogP contribution is 2.07. The van der Waals surface area contributed by atoms with Crippen molar-refractivity contribution in [3.8, 4) is 0 Å². The Morgan fingerprint density at radius 3 is 2.72 bits per heavy atom. The van der Waals surface area contributed by atoms with Crippen molar-refractivity contribution in [2.75, 3.05) is 0 Å². The SMILES string of the molecule is Cn1nc(COC(=O)c2ccccc2)cc1CO. The molecule has 5 nitrogen and oxygen atoms in total. The first-order chi connectivity index (χ1) is 8.70. The van der Waals surface area contributed by atoms with Gasteiger partial charge in [0.15, 0.2) is 0 Å². The number of rotatable bonds is 4. The van der Waals surface area contributed by atoms with Gasteiger partial charge < -0.3 is 9.84 Å². The van der Waals surface area contributed by atoms with Crippen LogP contribution in [0.1, 0.15) is 21.7 Å². The second-order valence-corrected chi connectivity index (χ2v) is 3.85. The number of hydrogen-bond donors (Lipinski definition) is 1. The number of hydrogen-bond acceptors (Lipinski definition) is 4. The fraction of sp³-hybridized carbons (Fsp3) is 0.231. The summed E-state index contributed by atoms with van der Waals surface area (Å²) in [6.07, 6.45) is 0. The minimum Gasteiger partial charge on any atom is -0.456 e. The molecule has 0 fully saturated rings. The van der Waals surface area contributed by atoms with Crippen LogP contribution in [-0.2, 0) is 25.0 Å². The van der Waals surface area contributed by atoms with Gasteiger partial charge in [-0.2, -0.15) is 5.10 Å². The minimum atomic E-state index is -0.383. The Hall–Kier alpha value is -2.14. The number of carbonyl (C=O) groups excluding carboxylic acids is 1. The Bertz CT molecular complexity index is 534. The molecule has 2 rings (SSSR count). The Labute approximate surface area is 105 Å². The van der Waals surface area contributed by atoms with Crippen molar-refractivity contribution in [1.82, 2.24) is 9.78 Å². The summed E-state index contributed by atoms with van der Waals surface area (Å²) in [7, 11) is 1.73. The van der Waals surface area contributed by atoms with Crippen LogP contribution in [0.5, 0.6) is 0 Å². The number of aromatic nitrogens is 2. The summed E-state index contributed by atoms with van der Waals surface area (Å²) in [5.74, 6) is -0.383. The van der Waals surface area contributed by atoms with E-state index in [0.29, 0.717) is 17.0 Å². The number of aliphatic hydroxyl groups excluding tert-OH is 1. The third-order valence-electron chi connectivity index (χ3n) is 2.55. The van der Waals surface area contributed by atoms with Crippen LogP contribution >= 0.6 is 0 Å². The highest BCUT2D eigenvalue weighted by atomic mass is 16.5. The molecular formula is C13H14N2O3. The second-order valence-electron chi connectivity index (χ2n) is 3.85. The molecule has 0 saturated heterocycles. The Morgan fingerprint density at radius 2 is 2.11 bits per heavy atom. The van der Waals surface area contributed by atoms with Crippen LogP contribution in [0.2, 0.25) is 0 Å². The van der Waals surface area contributed by atoms with Crippen LogP contribution in [0.3, 0.4) is 0 Å². The molecule has 0 atom stereocenters. The fourth-order valence-electron chi connectivity index (χ4n) is 1.59. The van der Waals surface area contributed by atoms with E-state index in [4.69, 9.17) is 9.84 Å². The lowest BCUT2D eigenvalue weighted by Gasteiger charge is -2.02. The van der Waals surface area contributed by atoms with Crippen LogP contribution in [0.25, 0.3) is 0 Å². The lowest BCUT2D eigenvalue weighted by Crippen LogP contribution is -2.05. The quantitative estimate of drug-likeness (QED) is 0.825. The normalized spacial score (nSPS) is 10.3. The van der Waals surface area contributed by atoms with E-state index in [0.717, 1.165) is 0 Å². The maximum atomic E-state index is 11.7. The Balaban J connectivity index is 1.97. The van der Waals surface area contributed by atoms with Gasteiger partial charge in [0.2, 0.25) is 0 Å². The van der Waals surface area contributed by atoms with E-state index in [1.54, 1.807) is 42.1 Å². The van der Waals surface area contributed by atoms with Crippen LogP contribution in [0.4, 0.5) is 0 Å². The fourth-order valence-corrected chi connectivity index (χ4v) is 1.59. The maximum absolute atomic E-state index is 11.7. The molecule has 1 heterocycles. The van der Waals surface area contributed by atoms with E-state index < -0.39 is 0 Å². The molecule has 0 aliphatic heterocycles. The summed E-state index contributed by atoms with van der Waals surface area (Å²) in [6, 6.07) is 10.5. The predicted molar refractivity (Wildman–Crippen MR) is 64.7 cm³/mol. The van der Waals surface area contributed by atoms with E-state index in [2.05, 4.69) is 5.10 Å². The molecule has 2 aromatic rings. The molecular weight excluding hydrogens is 232 g/mol. The molecule has 5 heteroatoms. The standard InChI is InChI=1S/C13H14N2O3/c1-15-12(8-16)7-11(14-15)9-18-13(17)10-5-3-2-4-6-10/h2-7,16H,8-9H2,1H3. The summed E-state index contributed by atoms with van der Waals surface area (Å²) < 4.78 is 6.69. The number of ether oxygens (including phenoxy) is 1. The molecule has 18 heavy (non-hydrogen) atoms. The Kier molecular flexibility index (Phi) is 3.74. The van der Waals surface area contributed by atoms with E-state index in [1.165, 1.54) is 0 Å². The monoisotopic (exact) mass is 246 g/mol. The zero-order valence-electron chi connectivity index (χ0n) is 10.0. The second kappa shape index (κ2) is 5.46. The summed E-state index contributed by atoms with van der Waals surface area (Å²) in [6.45, 7) is 0.0116. The van der Waals surface area contributed by atoms with Crippen molar-refractivity contribution >= 4 is 5.97 Å². The van der Waals surface area contributed by atoms with Crippen LogP contribution in [0.15, 0.2) is 36.4 Å². The number of nitrogens with zero attached hydrogens (tertiary/aromatic N) is 2. The molecule has 0 amide bonds. The van der Waals surface area contributed by atoms with Gasteiger partial charge in [-0.25, -0.2) is 4.79 Å². The van der Waals surface area contributed by atoms with Crippen molar-refractivity contribution in [2.45, 2.75) is 13.2 Å². The molecule has 94 valence electrons. The Morgan fingerprint density at radius 1 is 1.39 bits per heavy atom. The lowest BCUT2D eigenvalue weighted by atomic mass is 10.2. The van der Waals surface area contributed by atoms with Crippen molar-refractivity contribution in [1.29, 1.82) is 0 Å². The lowest BCUT2D eigenvalue weighted by molar-refractivity contribution is 0.0467. The van der Waals surface area contributed by atoms with Crippen LogP contribution in [-0.4, -0.2) is 20.9 Å². The number of benzene rings is 1. The molecule has 1 aromatic heterocycles. The molecule has 0 saturated carbocycles. The highest BCUT2D eigenvalue weighted by molar-refractivity contribution is 5.89. The summed E-state index contributed by atoms with van der Waals surface area (Å²) in [5, 5.41) is 13.1. The van der Waals surface area contributed by atoms with Gasteiger partial charge in [0, 0.05) is 7.05 Å². The van der Waals surface area contributed by atoms with Gasteiger partial charge in [0.05, 0.1) is 17.9 Å². The molecule has 0 aliphatic rings. The van der Waals surface area contributed by atoms with E-state index in [1.807, 2.05) is 6.07 Å². The van der Waals surface area contributed by atoms with Gasteiger partial charge in [-0.3, -0.25) is 4.68 Å². The van der Waals surface area contributed by atoms with Crippen molar-refractivity contribution in [3.05, 3.63) is 53.3 Å². The first-order valence-corrected chi connectivity index (χ1v) is 5.55. The molecule has 0 spiro atoms. The molecule has 0 radical (unpaired) electrons. The average Bonchev–Trinajstić information content (AvgIpc) is 2.77. The van der Waals surface area contributed by atoms with Gasteiger partial charge in [-0.05, 0) is 18.2 Å². The first kappa shape index (κ1) is 12.3. The number of aliphatic hydroxyl groups is 1. The number of esters is 1. The third-order valence-corrected chi connectivity index (χ3v) is 2.55. The zero-order valence-corrected chi connectivity index (χ0v) is 10.0. The smallest absolute Gasteiger partial charge is 0.338 e. The predicted octanol–water partition coefficient (Wildman–Crippen LogP) is 1.27. The molecule has 0 unspecified atom stereocenters. The summed E-state index contributed by atoms with van der Waals surface area (Å²) in [4.78, 5) is 11.7. The summed E-state index contributed by atoms with van der Waals surface area (Å²) in [5.41, 5.74) is 1.81. The first-order valence-electron chi connectivity index (χ1n) is 5.55. The van der Waals surface area contributed by atoms with Crippen molar-refractivity contribution < 1.29 is 14.6 Å². The molecule has 0 bridgehead atoms. The van der Waals surface area contributed by atoms with Crippen molar-refractivity contribution in [3.63, 3.8) is 0 Å². The van der Waals surface area contributed by atoms with Crippen LogP contribution in [0, 0.1) is 0 Å².